The second-order valence-electron chi connectivity index (χ2n) is 7.18. The van der Waals surface area contributed by atoms with Crippen LogP contribution >= 0.6 is 0 Å². The smallest absolute Gasteiger partial charge is 0.400 e. The van der Waals surface area contributed by atoms with Crippen LogP contribution < -0.4 is 5.32 Å². The van der Waals surface area contributed by atoms with Crippen molar-refractivity contribution in [3.05, 3.63) is 40.4 Å². The lowest BCUT2D eigenvalue weighted by molar-refractivity contribution is -0.118. The highest BCUT2D eigenvalue weighted by Crippen LogP contribution is 2.38. The Morgan fingerprint density at radius 1 is 1.23 bits per heavy atom. The molecule has 1 aliphatic heterocycles. The Bertz CT molecular complexity index is 784. The molecule has 1 saturated heterocycles. The van der Waals surface area contributed by atoms with E-state index in [0.29, 0.717) is 5.47 Å². The third-order valence-electron chi connectivity index (χ3n) is 4.65. The molecule has 0 atom stereocenters. The summed E-state index contributed by atoms with van der Waals surface area (Å²) >= 11 is 0. The summed E-state index contributed by atoms with van der Waals surface area (Å²) < 4.78 is 40.0. The molecule has 0 radical (unpaired) electrons. The minimum Gasteiger partial charge on any atom is -0.400 e. The maximum Gasteiger partial charge on any atom is 0.492 e. The van der Waals surface area contributed by atoms with Crippen molar-refractivity contribution in [1.82, 2.24) is 5.32 Å². The number of benzene rings is 1. The van der Waals surface area contributed by atoms with Gasteiger partial charge in [-0.15, -0.1) is 0 Å². The third kappa shape index (κ3) is 4.11. The van der Waals surface area contributed by atoms with Crippen LogP contribution in [0.4, 0.5) is 8.78 Å². The summed E-state index contributed by atoms with van der Waals surface area (Å²) in [5.41, 5.74) is -1.25. The number of nitriles is 1. The Morgan fingerprint density at radius 3 is 2.31 bits per heavy atom. The number of halogens is 2. The first-order chi connectivity index (χ1) is 12.0. The van der Waals surface area contributed by atoms with Gasteiger partial charge >= 0.3 is 7.12 Å². The molecule has 0 unspecified atom stereocenters. The van der Waals surface area contributed by atoms with E-state index in [9.17, 15) is 13.6 Å². The van der Waals surface area contributed by atoms with Gasteiger partial charge in [0.15, 0.2) is 0 Å². The summed E-state index contributed by atoms with van der Waals surface area (Å²) in [5.74, 6) is -1.85. The molecule has 2 rings (SSSR count). The Balaban J connectivity index is 2.43. The van der Waals surface area contributed by atoms with E-state index in [0.717, 1.165) is 12.1 Å². The van der Waals surface area contributed by atoms with Crippen LogP contribution in [0.15, 0.2) is 17.6 Å². The molecule has 0 aromatic heterocycles. The van der Waals surface area contributed by atoms with Crippen molar-refractivity contribution in [2.24, 2.45) is 0 Å². The standard InChI is InChI=1S/C18H21BF2N2O3/c1-11(24)23-10-14(19-25-17(2,3)18(4,5)26-19)6-12-7-16(21)13(9-22)8-15(12)20/h6-8H,10H2,1-5H3,(H,23,24). The lowest BCUT2D eigenvalue weighted by Gasteiger charge is -2.32. The summed E-state index contributed by atoms with van der Waals surface area (Å²) in [6.07, 6.45) is 1.37. The summed E-state index contributed by atoms with van der Waals surface area (Å²) in [7, 11) is -0.829. The highest BCUT2D eigenvalue weighted by molar-refractivity contribution is 6.56. The van der Waals surface area contributed by atoms with Crippen LogP contribution in [0, 0.1) is 23.0 Å². The van der Waals surface area contributed by atoms with E-state index in [4.69, 9.17) is 14.6 Å². The van der Waals surface area contributed by atoms with Crippen molar-refractivity contribution in [1.29, 1.82) is 5.26 Å². The summed E-state index contributed by atoms with van der Waals surface area (Å²) in [6, 6.07) is 3.36. The zero-order valence-corrected chi connectivity index (χ0v) is 15.4. The maximum absolute atomic E-state index is 14.2. The number of carbonyl (C=O) groups is 1. The molecule has 0 bridgehead atoms. The Morgan fingerprint density at radius 2 is 1.81 bits per heavy atom. The Labute approximate surface area is 152 Å². The number of nitrogens with zero attached hydrogens (tertiary/aromatic N) is 1. The van der Waals surface area contributed by atoms with Gasteiger partial charge < -0.3 is 14.6 Å². The average molecular weight is 362 g/mol. The zero-order chi connectivity index (χ0) is 19.7. The SMILES string of the molecule is CC(=O)NCC(=Cc1cc(F)c(C#N)cc1F)B1OC(C)(C)C(C)(C)O1. The molecule has 5 nitrogen and oxygen atoms in total. The fraction of sp³-hybridized carbons (Fsp3) is 0.444. The van der Waals surface area contributed by atoms with E-state index in [1.165, 1.54) is 13.0 Å². The van der Waals surface area contributed by atoms with Crippen molar-refractivity contribution >= 4 is 19.1 Å². The van der Waals surface area contributed by atoms with Crippen LogP contribution in [0.2, 0.25) is 0 Å². The lowest BCUT2D eigenvalue weighted by atomic mass is 9.77. The molecule has 8 heteroatoms. The first-order valence-corrected chi connectivity index (χ1v) is 8.16. The van der Waals surface area contributed by atoms with Crippen molar-refractivity contribution < 1.29 is 22.9 Å². The van der Waals surface area contributed by atoms with E-state index in [1.54, 1.807) is 6.07 Å². The van der Waals surface area contributed by atoms with Crippen molar-refractivity contribution in [3.8, 4) is 6.07 Å². The van der Waals surface area contributed by atoms with Crippen LogP contribution in [-0.2, 0) is 14.1 Å². The second-order valence-corrected chi connectivity index (χ2v) is 7.18. The van der Waals surface area contributed by atoms with Crippen LogP contribution in [0.25, 0.3) is 6.08 Å². The van der Waals surface area contributed by atoms with Gasteiger partial charge in [0, 0.05) is 19.0 Å². The van der Waals surface area contributed by atoms with Gasteiger partial charge in [0.25, 0.3) is 0 Å². The molecule has 1 amide bonds. The number of carbonyl (C=O) groups excluding carboxylic acids is 1. The van der Waals surface area contributed by atoms with Gasteiger partial charge in [-0.3, -0.25) is 4.79 Å². The van der Waals surface area contributed by atoms with Gasteiger partial charge in [-0.25, -0.2) is 8.78 Å². The number of rotatable bonds is 4. The second kappa shape index (κ2) is 7.18. The molecule has 1 aromatic carbocycles. The minimum atomic E-state index is -0.829. The van der Waals surface area contributed by atoms with E-state index in [-0.39, 0.29) is 23.6 Å². The monoisotopic (exact) mass is 362 g/mol. The largest absolute Gasteiger partial charge is 0.492 e. The number of amides is 1. The van der Waals surface area contributed by atoms with Gasteiger partial charge in [0.05, 0.1) is 16.8 Å². The highest BCUT2D eigenvalue weighted by Gasteiger charge is 2.52. The summed E-state index contributed by atoms with van der Waals surface area (Å²) in [4.78, 5) is 11.3. The van der Waals surface area contributed by atoms with Crippen molar-refractivity contribution in [3.63, 3.8) is 0 Å². The number of hydrogen-bond acceptors (Lipinski definition) is 4. The van der Waals surface area contributed by atoms with Gasteiger partial charge in [-0.2, -0.15) is 5.26 Å². The summed E-state index contributed by atoms with van der Waals surface area (Å²) in [6.45, 7) is 8.86. The molecule has 1 heterocycles. The molecule has 0 aliphatic carbocycles. The van der Waals surface area contributed by atoms with Crippen LogP contribution in [0.3, 0.4) is 0 Å². The fourth-order valence-electron chi connectivity index (χ4n) is 2.38. The van der Waals surface area contributed by atoms with Crippen molar-refractivity contribution in [2.75, 3.05) is 6.54 Å². The molecule has 0 saturated carbocycles. The van der Waals surface area contributed by atoms with Gasteiger partial charge in [0.1, 0.15) is 17.7 Å². The lowest BCUT2D eigenvalue weighted by Crippen LogP contribution is -2.41. The molecule has 26 heavy (non-hydrogen) atoms. The average Bonchev–Trinajstić information content (AvgIpc) is 2.74. The molecule has 138 valence electrons. The molecule has 1 aliphatic rings. The van der Waals surface area contributed by atoms with Crippen LogP contribution in [0.5, 0.6) is 0 Å². The van der Waals surface area contributed by atoms with E-state index in [2.05, 4.69) is 5.32 Å². The van der Waals surface area contributed by atoms with E-state index in [1.807, 2.05) is 27.7 Å². The first kappa shape index (κ1) is 20.1. The zero-order valence-electron chi connectivity index (χ0n) is 15.4. The van der Waals surface area contributed by atoms with Gasteiger partial charge in [-0.1, -0.05) is 6.08 Å². The van der Waals surface area contributed by atoms with E-state index < -0.39 is 30.0 Å². The fourth-order valence-corrected chi connectivity index (χ4v) is 2.38. The minimum absolute atomic E-state index is 0.0488. The highest BCUT2D eigenvalue weighted by atomic mass is 19.1. The predicted octanol–water partition coefficient (Wildman–Crippen LogP) is 2.99. The number of hydrogen-bond donors (Lipinski definition) is 1. The number of nitrogens with one attached hydrogen (secondary N) is 1. The van der Waals surface area contributed by atoms with Gasteiger partial charge in [-0.05, 0) is 45.3 Å². The van der Waals surface area contributed by atoms with Gasteiger partial charge in [0.2, 0.25) is 5.91 Å². The molecular formula is C18H21BF2N2O3. The first-order valence-electron chi connectivity index (χ1n) is 8.16. The van der Waals surface area contributed by atoms with E-state index >= 15 is 0 Å². The molecule has 1 fully saturated rings. The quantitative estimate of drug-likeness (QED) is 0.836. The Hall–Kier alpha value is -2.24. The van der Waals surface area contributed by atoms with Crippen LogP contribution in [0.1, 0.15) is 45.7 Å². The van der Waals surface area contributed by atoms with Crippen LogP contribution in [-0.4, -0.2) is 30.8 Å². The Kier molecular flexibility index (Phi) is 5.54. The molecular weight excluding hydrogens is 341 g/mol. The third-order valence-corrected chi connectivity index (χ3v) is 4.65. The molecule has 0 spiro atoms. The van der Waals surface area contributed by atoms with Crippen molar-refractivity contribution in [2.45, 2.75) is 45.8 Å². The predicted molar refractivity (Wildman–Crippen MR) is 93.8 cm³/mol. The topological polar surface area (TPSA) is 71.4 Å². The maximum atomic E-state index is 14.2. The summed E-state index contributed by atoms with van der Waals surface area (Å²) in [5, 5.41) is 11.4. The normalized spacial score (nSPS) is 18.5. The molecule has 1 aromatic rings. The molecule has 1 N–H and O–H groups in total.